The van der Waals surface area contributed by atoms with Crippen LogP contribution in [0.25, 0.3) is 0 Å². The molecule has 1 atom stereocenters. The van der Waals surface area contributed by atoms with Gasteiger partial charge in [-0.2, -0.15) is 0 Å². The van der Waals surface area contributed by atoms with Gasteiger partial charge in [0, 0.05) is 41.4 Å². The summed E-state index contributed by atoms with van der Waals surface area (Å²) in [6, 6.07) is 0. The van der Waals surface area contributed by atoms with Gasteiger partial charge in [0.2, 0.25) is 0 Å². The van der Waals surface area contributed by atoms with Crippen LogP contribution in [0, 0.1) is 5.92 Å². The normalized spacial score (nSPS) is 23.2. The van der Waals surface area contributed by atoms with Gasteiger partial charge in [0.15, 0.2) is 5.78 Å². The van der Waals surface area contributed by atoms with E-state index in [0.717, 1.165) is 35.4 Å². The van der Waals surface area contributed by atoms with Gasteiger partial charge in [-0.15, -0.1) is 0 Å². The van der Waals surface area contributed by atoms with E-state index < -0.39 is 0 Å². The summed E-state index contributed by atoms with van der Waals surface area (Å²) >= 11 is 6.17. The zero-order valence-corrected chi connectivity index (χ0v) is 14.2. The number of ether oxygens (including phenoxy) is 1. The lowest BCUT2D eigenvalue weighted by Crippen LogP contribution is -2.32. The van der Waals surface area contributed by atoms with Crippen LogP contribution < -0.4 is 11.1 Å². The molecule has 2 aliphatic carbocycles. The average molecular weight is 345 g/mol. The van der Waals surface area contributed by atoms with E-state index in [0.29, 0.717) is 31.2 Å². The number of carbonyl (C=O) groups is 1. The molecule has 0 spiro atoms. The summed E-state index contributed by atoms with van der Waals surface area (Å²) < 4.78 is 5.56. The van der Waals surface area contributed by atoms with Gasteiger partial charge in [0.25, 0.3) is 0 Å². The molecule has 0 saturated carbocycles. The number of nitrogens with two attached hydrogens (primary N) is 1. The molecule has 0 aromatic heterocycles. The van der Waals surface area contributed by atoms with Crippen molar-refractivity contribution < 1.29 is 9.53 Å². The van der Waals surface area contributed by atoms with Crippen LogP contribution in [0.1, 0.15) is 19.3 Å². The maximum absolute atomic E-state index is 12.5. The summed E-state index contributed by atoms with van der Waals surface area (Å²) in [4.78, 5) is 12.5. The Labute approximate surface area is 147 Å². The third kappa shape index (κ3) is 3.80. The second-order valence-electron chi connectivity index (χ2n) is 5.95. The van der Waals surface area contributed by atoms with E-state index in [4.69, 9.17) is 22.1 Å². The van der Waals surface area contributed by atoms with Crippen molar-refractivity contribution >= 4 is 17.4 Å². The maximum Gasteiger partial charge on any atom is 0.161 e. The summed E-state index contributed by atoms with van der Waals surface area (Å²) in [5, 5.41) is 3.91. The number of halogens is 1. The molecule has 0 bridgehead atoms. The summed E-state index contributed by atoms with van der Waals surface area (Å²) in [5.41, 5.74) is 12.4. The second kappa shape index (κ2) is 7.82. The Morgan fingerprint density at radius 1 is 1.33 bits per heavy atom. The quantitative estimate of drug-likeness (QED) is 0.594. The highest BCUT2D eigenvalue weighted by molar-refractivity contribution is 6.31. The van der Waals surface area contributed by atoms with Crippen molar-refractivity contribution in [2.24, 2.45) is 11.7 Å². The minimum Gasteiger partial charge on any atom is -0.374 e. The number of ketones is 1. The van der Waals surface area contributed by atoms with E-state index in [1.807, 2.05) is 24.3 Å². The molecule has 1 unspecified atom stereocenters. The monoisotopic (exact) mass is 344 g/mol. The van der Waals surface area contributed by atoms with Crippen molar-refractivity contribution in [3.05, 3.63) is 63.7 Å². The minimum absolute atomic E-state index is 0.143. The molecule has 0 aromatic rings. The average Bonchev–Trinajstić information content (AvgIpc) is 2.79. The first-order valence-electron chi connectivity index (χ1n) is 8.22. The fraction of sp³-hybridized carbons (Fsp3) is 0.368. The van der Waals surface area contributed by atoms with Crippen LogP contribution in [0.4, 0.5) is 0 Å². The standard InChI is InChI=1S/C19H21ClN2O2/c20-14-5-2-1-4-13(10-14)16-11-15(12-24-9-8-21)22-17-6-3-7-18(23)19(16)17/h1-2,4-5,11,16,22H,3,6-9,12,21H2. The number of carbonyl (C=O) groups excluding carboxylic acids is 1. The minimum atomic E-state index is -0.143. The molecule has 0 radical (unpaired) electrons. The first-order valence-corrected chi connectivity index (χ1v) is 8.59. The van der Waals surface area contributed by atoms with Crippen molar-refractivity contribution in [1.82, 2.24) is 5.32 Å². The number of dihydropyridines is 1. The molecule has 24 heavy (non-hydrogen) atoms. The summed E-state index contributed by atoms with van der Waals surface area (Å²) in [6.07, 6.45) is 11.9. The Morgan fingerprint density at radius 3 is 3.00 bits per heavy atom. The molecule has 5 heteroatoms. The van der Waals surface area contributed by atoms with Crippen molar-refractivity contribution in [2.45, 2.75) is 19.3 Å². The van der Waals surface area contributed by atoms with Gasteiger partial charge in [-0.05, 0) is 18.9 Å². The summed E-state index contributed by atoms with van der Waals surface area (Å²) in [6.45, 7) is 1.44. The fourth-order valence-electron chi connectivity index (χ4n) is 3.17. The number of allylic oxidation sites excluding steroid dienone is 8. The van der Waals surface area contributed by atoms with Gasteiger partial charge in [0.1, 0.15) is 0 Å². The van der Waals surface area contributed by atoms with E-state index in [9.17, 15) is 4.79 Å². The second-order valence-corrected chi connectivity index (χ2v) is 6.36. The highest BCUT2D eigenvalue weighted by Gasteiger charge is 2.32. The molecule has 4 nitrogen and oxygen atoms in total. The first-order chi connectivity index (χ1) is 11.7. The smallest absolute Gasteiger partial charge is 0.161 e. The van der Waals surface area contributed by atoms with Crippen LogP contribution in [0.5, 0.6) is 0 Å². The molecule has 1 heterocycles. The Morgan fingerprint density at radius 2 is 2.17 bits per heavy atom. The van der Waals surface area contributed by atoms with Crippen LogP contribution in [0.15, 0.2) is 63.7 Å². The Kier molecular flexibility index (Phi) is 5.54. The van der Waals surface area contributed by atoms with Gasteiger partial charge in [0.05, 0.1) is 18.2 Å². The largest absolute Gasteiger partial charge is 0.374 e. The Bertz CT molecular complexity index is 722. The molecule has 0 fully saturated rings. The molecule has 3 rings (SSSR count). The number of rotatable bonds is 5. The molecular formula is C19H21ClN2O2. The molecule has 0 amide bonds. The summed E-state index contributed by atoms with van der Waals surface area (Å²) in [7, 11) is 0. The SMILES string of the molecule is NCCOCC1=CC(C2=C=C(Cl)C=CC=C2)C2=C(CCCC2=O)N1. The van der Waals surface area contributed by atoms with Crippen molar-refractivity contribution in [3.63, 3.8) is 0 Å². The zero-order valence-electron chi connectivity index (χ0n) is 13.5. The van der Waals surface area contributed by atoms with Crippen LogP contribution in [0.3, 0.4) is 0 Å². The molecule has 0 aromatic carbocycles. The fourth-order valence-corrected chi connectivity index (χ4v) is 3.35. The van der Waals surface area contributed by atoms with E-state index in [2.05, 4.69) is 11.0 Å². The van der Waals surface area contributed by atoms with E-state index in [-0.39, 0.29) is 11.7 Å². The van der Waals surface area contributed by atoms with Crippen LogP contribution in [0.2, 0.25) is 0 Å². The van der Waals surface area contributed by atoms with Crippen LogP contribution in [-0.2, 0) is 9.53 Å². The lowest BCUT2D eigenvalue weighted by molar-refractivity contribution is -0.116. The highest BCUT2D eigenvalue weighted by atomic mass is 35.5. The van der Waals surface area contributed by atoms with E-state index in [1.165, 1.54) is 0 Å². The van der Waals surface area contributed by atoms with Crippen molar-refractivity contribution in [3.8, 4) is 0 Å². The third-order valence-corrected chi connectivity index (χ3v) is 4.41. The van der Waals surface area contributed by atoms with Crippen LogP contribution >= 0.6 is 11.6 Å². The third-order valence-electron chi connectivity index (χ3n) is 4.19. The Balaban J connectivity index is 1.97. The first kappa shape index (κ1) is 17.0. The highest BCUT2D eigenvalue weighted by Crippen LogP contribution is 2.36. The zero-order chi connectivity index (χ0) is 16.9. The predicted octanol–water partition coefficient (Wildman–Crippen LogP) is 2.85. The predicted molar refractivity (Wildman–Crippen MR) is 95.1 cm³/mol. The molecular weight excluding hydrogens is 324 g/mol. The lowest BCUT2D eigenvalue weighted by Gasteiger charge is -2.31. The molecule has 126 valence electrons. The van der Waals surface area contributed by atoms with Gasteiger partial charge >= 0.3 is 0 Å². The van der Waals surface area contributed by atoms with Gasteiger partial charge in [-0.3, -0.25) is 4.79 Å². The Hall–Kier alpha value is -1.84. The molecule has 1 aliphatic heterocycles. The van der Waals surface area contributed by atoms with Crippen molar-refractivity contribution in [2.75, 3.05) is 19.8 Å². The van der Waals surface area contributed by atoms with Gasteiger partial charge in [-0.25, -0.2) is 0 Å². The van der Waals surface area contributed by atoms with Crippen LogP contribution in [-0.4, -0.2) is 25.5 Å². The number of hydrogen-bond acceptors (Lipinski definition) is 4. The lowest BCUT2D eigenvalue weighted by atomic mass is 9.79. The topological polar surface area (TPSA) is 64.3 Å². The van der Waals surface area contributed by atoms with Gasteiger partial charge < -0.3 is 15.8 Å². The number of nitrogens with one attached hydrogen (secondary N) is 1. The number of Topliss-reactive ketones (excluding diaryl/α,β-unsaturated/α-hetero) is 1. The molecule has 3 N–H and O–H groups in total. The van der Waals surface area contributed by atoms with Crippen molar-refractivity contribution in [1.29, 1.82) is 0 Å². The van der Waals surface area contributed by atoms with Gasteiger partial charge in [-0.1, -0.05) is 41.6 Å². The molecule has 3 aliphatic rings. The summed E-state index contributed by atoms with van der Waals surface area (Å²) in [5.74, 6) is 0.0541. The number of hydrogen-bond donors (Lipinski definition) is 2. The molecule has 0 saturated heterocycles. The maximum atomic E-state index is 12.5. The van der Waals surface area contributed by atoms with E-state index in [1.54, 1.807) is 6.08 Å². The van der Waals surface area contributed by atoms with E-state index >= 15 is 0 Å².